The minimum absolute atomic E-state index is 0.0563. The summed E-state index contributed by atoms with van der Waals surface area (Å²) in [5.41, 5.74) is 0. The monoisotopic (exact) mass is 329 g/mol. The lowest BCUT2D eigenvalue weighted by Gasteiger charge is -2.29. The largest absolute Gasteiger partial charge is 0.391 e. The summed E-state index contributed by atoms with van der Waals surface area (Å²) in [6.45, 7) is 2.48. The van der Waals surface area contributed by atoms with E-state index >= 15 is 0 Å². The number of carbonyl (C=O) groups excluding carboxylic acids is 1. The van der Waals surface area contributed by atoms with Crippen molar-refractivity contribution in [3.05, 3.63) is 0 Å². The molecule has 0 aliphatic heterocycles. The van der Waals surface area contributed by atoms with Gasteiger partial charge in [-0.05, 0) is 25.7 Å². The van der Waals surface area contributed by atoms with Crippen molar-refractivity contribution >= 4 is 21.8 Å². The summed E-state index contributed by atoms with van der Waals surface area (Å²) in [6.07, 6.45) is -2.23. The Kier molecular flexibility index (Phi) is 5.95. The van der Waals surface area contributed by atoms with Gasteiger partial charge in [-0.3, -0.25) is 4.79 Å². The van der Waals surface area contributed by atoms with E-state index in [-0.39, 0.29) is 18.7 Å². The second-order valence-electron chi connectivity index (χ2n) is 4.96. The summed E-state index contributed by atoms with van der Waals surface area (Å²) in [6, 6.07) is 0. The van der Waals surface area contributed by atoms with Crippen LogP contribution in [-0.4, -0.2) is 23.5 Å². The predicted molar refractivity (Wildman–Crippen MR) is 67.5 cm³/mol. The van der Waals surface area contributed by atoms with Crippen molar-refractivity contribution in [2.45, 2.75) is 50.0 Å². The first-order valence-electron chi connectivity index (χ1n) is 6.29. The van der Waals surface area contributed by atoms with Gasteiger partial charge in [0.25, 0.3) is 0 Å². The molecule has 6 heteroatoms. The van der Waals surface area contributed by atoms with E-state index in [0.29, 0.717) is 24.2 Å². The van der Waals surface area contributed by atoms with E-state index in [0.717, 1.165) is 6.42 Å². The molecule has 0 bridgehead atoms. The van der Waals surface area contributed by atoms with Crippen LogP contribution in [0, 0.1) is 11.8 Å². The zero-order valence-corrected chi connectivity index (χ0v) is 12.0. The highest BCUT2D eigenvalue weighted by Gasteiger charge is 2.43. The van der Waals surface area contributed by atoms with Gasteiger partial charge in [0, 0.05) is 17.3 Å². The van der Waals surface area contributed by atoms with Crippen molar-refractivity contribution in [1.29, 1.82) is 0 Å². The molecule has 0 radical (unpaired) electrons. The van der Waals surface area contributed by atoms with Gasteiger partial charge in [-0.15, -0.1) is 0 Å². The number of rotatable bonds is 4. The van der Waals surface area contributed by atoms with Crippen molar-refractivity contribution in [1.82, 2.24) is 5.32 Å². The maximum absolute atomic E-state index is 12.6. The molecule has 3 atom stereocenters. The Morgan fingerprint density at radius 3 is 2.67 bits per heavy atom. The third kappa shape index (κ3) is 5.16. The molecule has 0 aromatic rings. The lowest BCUT2D eigenvalue weighted by Crippen LogP contribution is -2.38. The summed E-state index contributed by atoms with van der Waals surface area (Å²) in [7, 11) is 0. The molecule has 0 heterocycles. The van der Waals surface area contributed by atoms with E-state index in [4.69, 9.17) is 0 Å². The van der Waals surface area contributed by atoms with Crippen LogP contribution in [0.5, 0.6) is 0 Å². The molecule has 106 valence electrons. The number of halogens is 4. The highest BCUT2D eigenvalue weighted by molar-refractivity contribution is 9.09. The maximum Gasteiger partial charge on any atom is 0.391 e. The third-order valence-electron chi connectivity index (χ3n) is 3.35. The fourth-order valence-corrected chi connectivity index (χ4v) is 2.49. The quantitative estimate of drug-likeness (QED) is 0.784. The molecule has 1 aliphatic rings. The third-order valence-corrected chi connectivity index (χ3v) is 3.81. The maximum atomic E-state index is 12.6. The van der Waals surface area contributed by atoms with Gasteiger partial charge in [0.15, 0.2) is 0 Å². The molecule has 0 aromatic heterocycles. The number of amides is 1. The minimum Gasteiger partial charge on any atom is -0.356 e. The molecule has 0 spiro atoms. The van der Waals surface area contributed by atoms with E-state index in [2.05, 4.69) is 21.2 Å². The first-order valence-corrected chi connectivity index (χ1v) is 7.20. The van der Waals surface area contributed by atoms with Gasteiger partial charge in [-0.25, -0.2) is 0 Å². The smallest absolute Gasteiger partial charge is 0.356 e. The Morgan fingerprint density at radius 1 is 1.44 bits per heavy atom. The molecule has 3 unspecified atom stereocenters. The van der Waals surface area contributed by atoms with Crippen LogP contribution in [-0.2, 0) is 4.79 Å². The van der Waals surface area contributed by atoms with E-state index in [1.807, 2.05) is 6.92 Å². The van der Waals surface area contributed by atoms with Crippen molar-refractivity contribution in [3.8, 4) is 0 Å². The van der Waals surface area contributed by atoms with Gasteiger partial charge in [0.2, 0.25) is 5.91 Å². The summed E-state index contributed by atoms with van der Waals surface area (Å²) in [5, 5.41) is 2.72. The van der Waals surface area contributed by atoms with Crippen LogP contribution >= 0.6 is 15.9 Å². The van der Waals surface area contributed by atoms with E-state index < -0.39 is 18.0 Å². The molecule has 1 rings (SSSR count). The SMILES string of the molecule is CC(Br)CCNC(=O)C1CCCC(C(F)(F)F)C1. The summed E-state index contributed by atoms with van der Waals surface area (Å²) < 4.78 is 37.8. The summed E-state index contributed by atoms with van der Waals surface area (Å²) in [5.74, 6) is -2.01. The van der Waals surface area contributed by atoms with Crippen LogP contribution in [0.3, 0.4) is 0 Å². The predicted octanol–water partition coefficient (Wildman–Crippen LogP) is 3.64. The molecular formula is C12H19BrF3NO. The zero-order valence-electron chi connectivity index (χ0n) is 10.4. The number of alkyl halides is 4. The molecule has 0 aromatic carbocycles. The highest BCUT2D eigenvalue weighted by Crippen LogP contribution is 2.39. The number of hydrogen-bond acceptors (Lipinski definition) is 1. The lowest BCUT2D eigenvalue weighted by atomic mass is 9.80. The molecule has 1 fully saturated rings. The summed E-state index contributed by atoms with van der Waals surface area (Å²) in [4.78, 5) is 12.1. The highest BCUT2D eigenvalue weighted by atomic mass is 79.9. The standard InChI is InChI=1S/C12H19BrF3NO/c1-8(13)5-6-17-11(18)9-3-2-4-10(7-9)12(14,15)16/h8-10H,2-7H2,1H3,(H,17,18). The second kappa shape index (κ2) is 6.78. The van der Waals surface area contributed by atoms with Crippen LogP contribution < -0.4 is 5.32 Å². The van der Waals surface area contributed by atoms with E-state index in [1.165, 1.54) is 0 Å². The van der Waals surface area contributed by atoms with Crippen molar-refractivity contribution in [2.24, 2.45) is 11.8 Å². The van der Waals surface area contributed by atoms with E-state index in [9.17, 15) is 18.0 Å². The first kappa shape index (κ1) is 15.8. The van der Waals surface area contributed by atoms with Crippen LogP contribution in [0.1, 0.15) is 39.0 Å². The van der Waals surface area contributed by atoms with Gasteiger partial charge in [0.05, 0.1) is 5.92 Å². The summed E-state index contributed by atoms with van der Waals surface area (Å²) >= 11 is 3.36. The average molecular weight is 330 g/mol. The first-order chi connectivity index (χ1) is 8.30. The zero-order chi connectivity index (χ0) is 13.8. The van der Waals surface area contributed by atoms with Crippen LogP contribution in [0.15, 0.2) is 0 Å². The van der Waals surface area contributed by atoms with Crippen LogP contribution in [0.2, 0.25) is 0 Å². The van der Waals surface area contributed by atoms with Crippen molar-refractivity contribution < 1.29 is 18.0 Å². The Hall–Kier alpha value is -0.260. The second-order valence-corrected chi connectivity index (χ2v) is 6.53. The number of hydrogen-bond donors (Lipinski definition) is 1. The molecular weight excluding hydrogens is 311 g/mol. The van der Waals surface area contributed by atoms with Gasteiger partial charge >= 0.3 is 6.18 Å². The topological polar surface area (TPSA) is 29.1 Å². The van der Waals surface area contributed by atoms with Gasteiger partial charge in [-0.1, -0.05) is 29.3 Å². The van der Waals surface area contributed by atoms with Crippen molar-refractivity contribution in [3.63, 3.8) is 0 Å². The average Bonchev–Trinajstić information content (AvgIpc) is 2.27. The molecule has 1 saturated carbocycles. The molecule has 2 nitrogen and oxygen atoms in total. The Labute approximate surface area is 114 Å². The minimum atomic E-state index is -4.16. The molecule has 1 N–H and O–H groups in total. The Morgan fingerprint density at radius 2 is 2.11 bits per heavy atom. The van der Waals surface area contributed by atoms with Crippen molar-refractivity contribution in [2.75, 3.05) is 6.54 Å². The van der Waals surface area contributed by atoms with Gasteiger partial charge in [-0.2, -0.15) is 13.2 Å². The van der Waals surface area contributed by atoms with Crippen LogP contribution in [0.25, 0.3) is 0 Å². The number of nitrogens with one attached hydrogen (secondary N) is 1. The molecule has 18 heavy (non-hydrogen) atoms. The fraction of sp³-hybridized carbons (Fsp3) is 0.917. The fourth-order valence-electron chi connectivity index (χ4n) is 2.26. The Balaban J connectivity index is 2.39. The van der Waals surface area contributed by atoms with E-state index in [1.54, 1.807) is 0 Å². The normalized spacial score (nSPS) is 26.7. The van der Waals surface area contributed by atoms with Gasteiger partial charge < -0.3 is 5.32 Å². The Bertz CT molecular complexity index is 281. The molecule has 1 aliphatic carbocycles. The number of carbonyl (C=O) groups is 1. The molecule has 0 saturated heterocycles. The molecule has 1 amide bonds. The lowest BCUT2D eigenvalue weighted by molar-refractivity contribution is -0.186. The van der Waals surface area contributed by atoms with Crippen LogP contribution in [0.4, 0.5) is 13.2 Å². The van der Waals surface area contributed by atoms with Gasteiger partial charge in [0.1, 0.15) is 0 Å².